The SMILES string of the molecule is CCCCC(NC(=O)c1cccc(Cl)c1F)C(=O)O. The summed E-state index contributed by atoms with van der Waals surface area (Å²) in [7, 11) is 0. The van der Waals surface area contributed by atoms with Crippen molar-refractivity contribution in [3.63, 3.8) is 0 Å². The van der Waals surface area contributed by atoms with Crippen LogP contribution in [0.15, 0.2) is 18.2 Å². The fourth-order valence-corrected chi connectivity index (χ4v) is 1.76. The van der Waals surface area contributed by atoms with Crippen LogP contribution in [-0.2, 0) is 4.79 Å². The number of benzene rings is 1. The third-order valence-electron chi connectivity index (χ3n) is 2.65. The number of nitrogens with one attached hydrogen (secondary N) is 1. The number of halogens is 2. The number of carbonyl (C=O) groups excluding carboxylic acids is 1. The highest BCUT2D eigenvalue weighted by Crippen LogP contribution is 2.18. The molecule has 0 saturated carbocycles. The van der Waals surface area contributed by atoms with Crippen LogP contribution < -0.4 is 5.32 Å². The molecule has 0 saturated heterocycles. The average molecular weight is 288 g/mol. The summed E-state index contributed by atoms with van der Waals surface area (Å²) in [4.78, 5) is 22.8. The fraction of sp³-hybridized carbons (Fsp3) is 0.385. The molecular weight excluding hydrogens is 273 g/mol. The lowest BCUT2D eigenvalue weighted by Crippen LogP contribution is -2.41. The van der Waals surface area contributed by atoms with Gasteiger partial charge in [0.15, 0.2) is 5.82 Å². The zero-order chi connectivity index (χ0) is 14.4. The van der Waals surface area contributed by atoms with E-state index in [2.05, 4.69) is 5.32 Å². The molecule has 0 fully saturated rings. The number of hydrogen-bond donors (Lipinski definition) is 2. The van der Waals surface area contributed by atoms with Gasteiger partial charge in [0.2, 0.25) is 0 Å². The first kappa shape index (κ1) is 15.4. The lowest BCUT2D eigenvalue weighted by atomic mass is 10.1. The Morgan fingerprint density at radius 2 is 2.16 bits per heavy atom. The number of hydrogen-bond acceptors (Lipinski definition) is 2. The second-order valence-corrected chi connectivity index (χ2v) is 4.52. The van der Waals surface area contributed by atoms with E-state index in [9.17, 15) is 14.0 Å². The van der Waals surface area contributed by atoms with Crippen LogP contribution in [0.2, 0.25) is 5.02 Å². The molecule has 0 aliphatic rings. The number of carbonyl (C=O) groups is 2. The van der Waals surface area contributed by atoms with Crippen molar-refractivity contribution in [3.8, 4) is 0 Å². The van der Waals surface area contributed by atoms with Crippen molar-refractivity contribution in [1.29, 1.82) is 0 Å². The maximum atomic E-state index is 13.6. The van der Waals surface area contributed by atoms with Crippen molar-refractivity contribution in [2.45, 2.75) is 32.2 Å². The minimum atomic E-state index is -1.13. The molecule has 6 heteroatoms. The fourth-order valence-electron chi connectivity index (χ4n) is 1.58. The van der Waals surface area contributed by atoms with Crippen LogP contribution in [0.3, 0.4) is 0 Å². The number of rotatable bonds is 6. The van der Waals surface area contributed by atoms with Gasteiger partial charge in [0.25, 0.3) is 5.91 Å². The number of aliphatic carboxylic acids is 1. The maximum absolute atomic E-state index is 13.6. The predicted molar refractivity (Wildman–Crippen MR) is 69.8 cm³/mol. The Morgan fingerprint density at radius 1 is 1.47 bits per heavy atom. The molecule has 4 nitrogen and oxygen atoms in total. The molecule has 1 atom stereocenters. The van der Waals surface area contributed by atoms with Crippen molar-refractivity contribution in [2.24, 2.45) is 0 Å². The van der Waals surface area contributed by atoms with E-state index in [1.54, 1.807) is 0 Å². The topological polar surface area (TPSA) is 66.4 Å². The molecule has 1 rings (SSSR count). The Balaban J connectivity index is 2.82. The van der Waals surface area contributed by atoms with Crippen LogP contribution >= 0.6 is 11.6 Å². The van der Waals surface area contributed by atoms with Crippen LogP contribution in [0.4, 0.5) is 4.39 Å². The van der Waals surface area contributed by atoms with E-state index < -0.39 is 23.7 Å². The van der Waals surface area contributed by atoms with E-state index in [0.29, 0.717) is 12.8 Å². The Morgan fingerprint density at radius 3 is 2.74 bits per heavy atom. The highest BCUT2D eigenvalue weighted by atomic mass is 35.5. The molecule has 19 heavy (non-hydrogen) atoms. The third-order valence-corrected chi connectivity index (χ3v) is 2.94. The highest BCUT2D eigenvalue weighted by Gasteiger charge is 2.22. The molecular formula is C13H15ClFNO3. The quantitative estimate of drug-likeness (QED) is 0.845. The molecule has 1 aromatic carbocycles. The van der Waals surface area contributed by atoms with Gasteiger partial charge in [-0.05, 0) is 18.6 Å². The van der Waals surface area contributed by atoms with E-state index in [1.165, 1.54) is 18.2 Å². The highest BCUT2D eigenvalue weighted by molar-refractivity contribution is 6.31. The molecule has 0 aliphatic carbocycles. The standard InChI is InChI=1S/C13H15ClFNO3/c1-2-3-7-10(13(18)19)16-12(17)8-5-4-6-9(14)11(8)15/h4-6,10H,2-3,7H2,1H3,(H,16,17)(H,18,19). The monoisotopic (exact) mass is 287 g/mol. The molecule has 0 aliphatic heterocycles. The summed E-state index contributed by atoms with van der Waals surface area (Å²) >= 11 is 5.57. The minimum absolute atomic E-state index is 0.173. The predicted octanol–water partition coefficient (Wildman–Crippen LogP) is 2.85. The smallest absolute Gasteiger partial charge is 0.326 e. The van der Waals surface area contributed by atoms with E-state index in [-0.39, 0.29) is 10.6 Å². The first-order chi connectivity index (χ1) is 8.97. The molecule has 2 N–H and O–H groups in total. The number of unbranched alkanes of at least 4 members (excludes halogenated alkanes) is 1. The van der Waals surface area contributed by atoms with Crippen LogP contribution in [0, 0.1) is 5.82 Å². The lowest BCUT2D eigenvalue weighted by molar-refractivity contribution is -0.139. The van der Waals surface area contributed by atoms with Gasteiger partial charge in [0.05, 0.1) is 10.6 Å². The zero-order valence-electron chi connectivity index (χ0n) is 10.5. The van der Waals surface area contributed by atoms with E-state index in [4.69, 9.17) is 16.7 Å². The summed E-state index contributed by atoms with van der Waals surface area (Å²) in [6, 6.07) is 2.99. The third kappa shape index (κ3) is 4.21. The molecule has 1 amide bonds. The Labute approximate surface area is 115 Å². The van der Waals surface area contributed by atoms with Crippen LogP contribution in [0.5, 0.6) is 0 Å². The van der Waals surface area contributed by atoms with Crippen LogP contribution in [0.25, 0.3) is 0 Å². The van der Waals surface area contributed by atoms with E-state index in [0.717, 1.165) is 6.42 Å². The van der Waals surface area contributed by atoms with Crippen molar-refractivity contribution >= 4 is 23.5 Å². The van der Waals surface area contributed by atoms with Gasteiger partial charge >= 0.3 is 5.97 Å². The lowest BCUT2D eigenvalue weighted by Gasteiger charge is -2.14. The molecule has 1 unspecified atom stereocenters. The van der Waals surface area contributed by atoms with E-state index in [1.807, 2.05) is 6.92 Å². The van der Waals surface area contributed by atoms with Crippen molar-refractivity contribution in [1.82, 2.24) is 5.32 Å². The first-order valence-corrected chi connectivity index (χ1v) is 6.32. The second kappa shape index (κ2) is 7.09. The van der Waals surface area contributed by atoms with Gasteiger partial charge in [0.1, 0.15) is 6.04 Å². The Hall–Kier alpha value is -1.62. The Kier molecular flexibility index (Phi) is 5.76. The summed E-state index contributed by atoms with van der Waals surface area (Å²) in [6.45, 7) is 1.91. The number of carboxylic acid groups (broad SMARTS) is 1. The van der Waals surface area contributed by atoms with Gasteiger partial charge in [-0.15, -0.1) is 0 Å². The Bertz CT molecular complexity index is 479. The molecule has 0 aromatic heterocycles. The number of amides is 1. The molecule has 0 heterocycles. The molecule has 104 valence electrons. The number of carboxylic acids is 1. The van der Waals surface area contributed by atoms with Gasteiger partial charge in [-0.3, -0.25) is 4.79 Å². The van der Waals surface area contributed by atoms with E-state index >= 15 is 0 Å². The zero-order valence-corrected chi connectivity index (χ0v) is 11.2. The summed E-state index contributed by atoms with van der Waals surface area (Å²) in [5, 5.41) is 11.1. The molecule has 0 bridgehead atoms. The largest absolute Gasteiger partial charge is 0.480 e. The van der Waals surface area contributed by atoms with Crippen molar-refractivity contribution < 1.29 is 19.1 Å². The summed E-state index contributed by atoms with van der Waals surface area (Å²) in [5.41, 5.74) is -0.254. The van der Waals surface area contributed by atoms with Crippen LogP contribution in [-0.4, -0.2) is 23.0 Å². The van der Waals surface area contributed by atoms with Crippen molar-refractivity contribution in [2.75, 3.05) is 0 Å². The molecule has 0 spiro atoms. The summed E-state index contributed by atoms with van der Waals surface area (Å²) in [6.07, 6.45) is 1.78. The first-order valence-electron chi connectivity index (χ1n) is 5.95. The van der Waals surface area contributed by atoms with Crippen LogP contribution in [0.1, 0.15) is 36.5 Å². The average Bonchev–Trinajstić information content (AvgIpc) is 2.37. The minimum Gasteiger partial charge on any atom is -0.480 e. The van der Waals surface area contributed by atoms with Gasteiger partial charge in [-0.25, -0.2) is 9.18 Å². The summed E-state index contributed by atoms with van der Waals surface area (Å²) < 4.78 is 13.6. The van der Waals surface area contributed by atoms with Gasteiger partial charge in [0, 0.05) is 0 Å². The van der Waals surface area contributed by atoms with Gasteiger partial charge in [-0.2, -0.15) is 0 Å². The molecule has 0 radical (unpaired) electrons. The maximum Gasteiger partial charge on any atom is 0.326 e. The van der Waals surface area contributed by atoms with Crippen molar-refractivity contribution in [3.05, 3.63) is 34.6 Å². The second-order valence-electron chi connectivity index (χ2n) is 4.11. The van der Waals surface area contributed by atoms with Gasteiger partial charge in [-0.1, -0.05) is 37.4 Å². The molecule has 1 aromatic rings. The summed E-state index contributed by atoms with van der Waals surface area (Å²) in [5.74, 6) is -2.76. The van der Waals surface area contributed by atoms with Gasteiger partial charge < -0.3 is 10.4 Å². The normalized spacial score (nSPS) is 11.9.